The number of hydrogen-bond donors (Lipinski definition) is 2. The highest BCUT2D eigenvalue weighted by molar-refractivity contribution is 6.31. The van der Waals surface area contributed by atoms with Crippen LogP contribution in [0.1, 0.15) is 31.2 Å². The molecular formula is C13H18ClN3O. The standard InChI is InChI=1S/C13H18ClN3O/c1-18-12-7-6-9(14)8-11(12)13(17-15)16-10-4-2-3-5-10/h6-8,10H,2-5,15H2,1H3,(H,16,17). The summed E-state index contributed by atoms with van der Waals surface area (Å²) in [5.74, 6) is 6.93. The number of nitrogens with two attached hydrogens (primary N) is 1. The Hall–Kier alpha value is -1.26. The third-order valence-corrected chi connectivity index (χ3v) is 3.42. The number of nitrogens with zero attached hydrogens (tertiary/aromatic N) is 1. The van der Waals surface area contributed by atoms with Crippen LogP contribution in [0.5, 0.6) is 5.75 Å². The summed E-state index contributed by atoms with van der Waals surface area (Å²) >= 11 is 6.01. The summed E-state index contributed by atoms with van der Waals surface area (Å²) in [6.07, 6.45) is 4.71. The number of halogens is 1. The molecule has 0 bridgehead atoms. The highest BCUT2D eigenvalue weighted by Crippen LogP contribution is 2.25. The van der Waals surface area contributed by atoms with Gasteiger partial charge in [0.2, 0.25) is 0 Å². The Morgan fingerprint density at radius 1 is 1.44 bits per heavy atom. The zero-order valence-electron chi connectivity index (χ0n) is 10.4. The van der Waals surface area contributed by atoms with Crippen LogP contribution in [0.25, 0.3) is 0 Å². The summed E-state index contributed by atoms with van der Waals surface area (Å²) in [6.45, 7) is 0. The molecule has 1 aliphatic carbocycles. The topological polar surface area (TPSA) is 59.6 Å². The Balaban J connectivity index is 2.33. The molecule has 0 spiro atoms. The fourth-order valence-electron chi connectivity index (χ4n) is 2.27. The molecule has 0 aliphatic heterocycles. The second-order valence-electron chi connectivity index (χ2n) is 4.40. The number of hydrogen-bond acceptors (Lipinski definition) is 3. The summed E-state index contributed by atoms with van der Waals surface area (Å²) < 4.78 is 5.31. The van der Waals surface area contributed by atoms with Crippen LogP contribution in [0.2, 0.25) is 5.02 Å². The zero-order valence-corrected chi connectivity index (χ0v) is 11.2. The van der Waals surface area contributed by atoms with E-state index in [1.807, 2.05) is 12.1 Å². The summed E-state index contributed by atoms with van der Waals surface area (Å²) in [6, 6.07) is 5.76. The highest BCUT2D eigenvalue weighted by atomic mass is 35.5. The molecule has 4 nitrogen and oxygen atoms in total. The molecule has 5 heteroatoms. The van der Waals surface area contributed by atoms with E-state index in [2.05, 4.69) is 10.4 Å². The quantitative estimate of drug-likeness (QED) is 0.383. The first-order valence-electron chi connectivity index (χ1n) is 6.13. The Labute approximate surface area is 112 Å². The molecule has 1 fully saturated rings. The maximum absolute atomic E-state index is 6.01. The van der Waals surface area contributed by atoms with E-state index in [-0.39, 0.29) is 0 Å². The van der Waals surface area contributed by atoms with Gasteiger partial charge in [0, 0.05) is 5.02 Å². The summed E-state index contributed by atoms with van der Waals surface area (Å²) in [5.41, 5.74) is 3.46. The number of hydrazine groups is 1. The Kier molecular flexibility index (Phi) is 4.44. The molecule has 1 saturated carbocycles. The van der Waals surface area contributed by atoms with Crippen molar-refractivity contribution in [2.75, 3.05) is 7.11 Å². The van der Waals surface area contributed by atoms with Crippen LogP contribution < -0.4 is 16.0 Å². The average Bonchev–Trinajstić information content (AvgIpc) is 2.88. The van der Waals surface area contributed by atoms with Gasteiger partial charge in [0.15, 0.2) is 0 Å². The van der Waals surface area contributed by atoms with E-state index >= 15 is 0 Å². The number of amidine groups is 1. The lowest BCUT2D eigenvalue weighted by Gasteiger charge is -2.13. The SMILES string of the molecule is COc1ccc(Cl)cc1C(=NC1CCCC1)NN. The van der Waals surface area contributed by atoms with Gasteiger partial charge in [-0.15, -0.1) is 0 Å². The van der Waals surface area contributed by atoms with Gasteiger partial charge in [-0.1, -0.05) is 24.4 Å². The Morgan fingerprint density at radius 2 is 2.17 bits per heavy atom. The normalized spacial score (nSPS) is 16.9. The maximum Gasteiger partial charge on any atom is 0.146 e. The van der Waals surface area contributed by atoms with Gasteiger partial charge in [0.25, 0.3) is 0 Å². The number of rotatable bonds is 3. The molecule has 3 N–H and O–H groups in total. The monoisotopic (exact) mass is 267 g/mol. The minimum absolute atomic E-state index is 0.347. The zero-order chi connectivity index (χ0) is 13.0. The number of aliphatic imine (C=N–C) groups is 1. The molecule has 0 radical (unpaired) electrons. The van der Waals surface area contributed by atoms with Crippen molar-refractivity contribution in [3.05, 3.63) is 28.8 Å². The van der Waals surface area contributed by atoms with Gasteiger partial charge in [-0.05, 0) is 31.0 Å². The minimum Gasteiger partial charge on any atom is -0.496 e. The first kappa shape index (κ1) is 13.2. The summed E-state index contributed by atoms with van der Waals surface area (Å²) in [7, 11) is 1.62. The molecule has 1 aromatic rings. The minimum atomic E-state index is 0.347. The first-order valence-corrected chi connectivity index (χ1v) is 6.50. The van der Waals surface area contributed by atoms with Crippen LogP contribution in [-0.2, 0) is 0 Å². The van der Waals surface area contributed by atoms with E-state index in [4.69, 9.17) is 22.2 Å². The van der Waals surface area contributed by atoms with Gasteiger partial charge < -0.3 is 10.2 Å². The van der Waals surface area contributed by atoms with Crippen LogP contribution in [0.15, 0.2) is 23.2 Å². The third kappa shape index (κ3) is 2.94. The smallest absolute Gasteiger partial charge is 0.146 e. The predicted octanol–water partition coefficient (Wildman–Crippen LogP) is 2.50. The number of methoxy groups -OCH3 is 1. The third-order valence-electron chi connectivity index (χ3n) is 3.19. The van der Waals surface area contributed by atoms with Crippen molar-refractivity contribution in [1.29, 1.82) is 0 Å². The van der Waals surface area contributed by atoms with Crippen LogP contribution in [0.3, 0.4) is 0 Å². The van der Waals surface area contributed by atoms with Crippen LogP contribution in [0, 0.1) is 0 Å². The molecular weight excluding hydrogens is 250 g/mol. The summed E-state index contributed by atoms with van der Waals surface area (Å²) in [4.78, 5) is 4.66. The lowest BCUT2D eigenvalue weighted by Crippen LogP contribution is -2.32. The fourth-order valence-corrected chi connectivity index (χ4v) is 2.44. The Morgan fingerprint density at radius 3 is 2.78 bits per heavy atom. The van der Waals surface area contributed by atoms with Crippen molar-refractivity contribution in [2.24, 2.45) is 10.8 Å². The number of ether oxygens (including phenoxy) is 1. The van der Waals surface area contributed by atoms with E-state index in [0.29, 0.717) is 22.6 Å². The van der Waals surface area contributed by atoms with Crippen molar-refractivity contribution < 1.29 is 4.74 Å². The molecule has 0 saturated heterocycles. The summed E-state index contributed by atoms with van der Waals surface area (Å²) in [5, 5.41) is 0.639. The predicted molar refractivity (Wildman–Crippen MR) is 74.1 cm³/mol. The van der Waals surface area contributed by atoms with Crippen LogP contribution in [-0.4, -0.2) is 19.0 Å². The largest absolute Gasteiger partial charge is 0.496 e. The van der Waals surface area contributed by atoms with Gasteiger partial charge >= 0.3 is 0 Å². The van der Waals surface area contributed by atoms with E-state index in [1.54, 1.807) is 13.2 Å². The molecule has 1 aromatic carbocycles. The van der Waals surface area contributed by atoms with E-state index in [0.717, 1.165) is 18.4 Å². The first-order chi connectivity index (χ1) is 8.74. The van der Waals surface area contributed by atoms with Gasteiger partial charge in [-0.25, -0.2) is 5.84 Å². The molecule has 0 amide bonds. The second-order valence-corrected chi connectivity index (χ2v) is 4.84. The van der Waals surface area contributed by atoms with Crippen molar-refractivity contribution in [2.45, 2.75) is 31.7 Å². The van der Waals surface area contributed by atoms with E-state index in [1.165, 1.54) is 12.8 Å². The highest BCUT2D eigenvalue weighted by Gasteiger charge is 2.17. The molecule has 1 aliphatic rings. The molecule has 98 valence electrons. The molecule has 0 unspecified atom stereocenters. The van der Waals surface area contributed by atoms with Gasteiger partial charge in [0.1, 0.15) is 11.6 Å². The lowest BCUT2D eigenvalue weighted by molar-refractivity contribution is 0.413. The van der Waals surface area contributed by atoms with Crippen molar-refractivity contribution in [1.82, 2.24) is 5.43 Å². The van der Waals surface area contributed by atoms with Crippen molar-refractivity contribution in [3.63, 3.8) is 0 Å². The van der Waals surface area contributed by atoms with Gasteiger partial charge in [-0.3, -0.25) is 4.99 Å². The van der Waals surface area contributed by atoms with Gasteiger partial charge in [0.05, 0.1) is 18.7 Å². The molecule has 2 rings (SSSR count). The fraction of sp³-hybridized carbons (Fsp3) is 0.462. The van der Waals surface area contributed by atoms with Crippen molar-refractivity contribution >= 4 is 17.4 Å². The number of nitrogens with one attached hydrogen (secondary N) is 1. The second kappa shape index (κ2) is 6.07. The molecule has 0 heterocycles. The van der Waals surface area contributed by atoms with Crippen LogP contribution >= 0.6 is 11.6 Å². The van der Waals surface area contributed by atoms with E-state index in [9.17, 15) is 0 Å². The maximum atomic E-state index is 6.01. The van der Waals surface area contributed by atoms with Crippen molar-refractivity contribution in [3.8, 4) is 5.75 Å². The van der Waals surface area contributed by atoms with Gasteiger partial charge in [-0.2, -0.15) is 0 Å². The lowest BCUT2D eigenvalue weighted by atomic mass is 10.1. The molecule has 0 aromatic heterocycles. The van der Waals surface area contributed by atoms with Crippen LogP contribution in [0.4, 0.5) is 0 Å². The van der Waals surface area contributed by atoms with E-state index < -0.39 is 0 Å². The average molecular weight is 268 g/mol. The Bertz CT molecular complexity index is 442. The molecule has 18 heavy (non-hydrogen) atoms. The molecule has 0 atom stereocenters. The number of benzene rings is 1.